The van der Waals surface area contributed by atoms with Gasteiger partial charge in [0.25, 0.3) is 5.91 Å². The Morgan fingerprint density at radius 1 is 1.09 bits per heavy atom. The molecule has 2 aromatic heterocycles. The molecule has 2 aromatic carbocycles. The fourth-order valence-electron chi connectivity index (χ4n) is 3.33. The van der Waals surface area contributed by atoms with Gasteiger partial charge in [-0.25, -0.2) is 22.6 Å². The molecule has 0 aliphatic heterocycles. The minimum absolute atomic E-state index is 0.126. The molecule has 2 heterocycles. The topological polar surface area (TPSA) is 124 Å². The third kappa shape index (κ3) is 4.49. The molecule has 0 aliphatic carbocycles. The van der Waals surface area contributed by atoms with Gasteiger partial charge in [-0.05, 0) is 55.1 Å². The second kappa shape index (κ2) is 8.88. The van der Waals surface area contributed by atoms with E-state index in [1.165, 1.54) is 41.4 Å². The summed E-state index contributed by atoms with van der Waals surface area (Å²) in [4.78, 5) is 25.1. The third-order valence-corrected chi connectivity index (χ3v) is 6.43. The number of fused-ring (bicyclic) bond motifs is 1. The summed E-state index contributed by atoms with van der Waals surface area (Å²) < 4.78 is 34.6. The number of aromatic nitrogens is 3. The molecule has 0 aliphatic rings. The highest BCUT2D eigenvalue weighted by atomic mass is 32.2. The van der Waals surface area contributed by atoms with E-state index in [9.17, 15) is 18.0 Å². The minimum Gasteiger partial charge on any atom is -0.495 e. The van der Waals surface area contributed by atoms with Crippen molar-refractivity contribution in [1.82, 2.24) is 18.9 Å². The molecule has 33 heavy (non-hydrogen) atoms. The number of amides is 1. The number of ether oxygens (including phenoxy) is 1. The van der Waals surface area contributed by atoms with Gasteiger partial charge in [-0.1, -0.05) is 18.2 Å². The molecular formula is C22H21N5O5S. The Kier molecular flexibility index (Phi) is 5.99. The summed E-state index contributed by atoms with van der Waals surface area (Å²) in [6, 6.07) is 16.4. The van der Waals surface area contributed by atoms with E-state index in [0.717, 1.165) is 5.56 Å². The standard InChI is InChI=1S/C22H21N5O5S/c1-23-33(30,31)19-13-16(9-10-18(19)32-2)21(28)24-17-7-5-6-15(12-17)14-27-22(29)26-11-4-3-8-20(26)25-27/h3-13,23H,14H2,1-2H3,(H,24,28). The molecule has 0 fully saturated rings. The molecule has 0 saturated carbocycles. The first-order valence-corrected chi connectivity index (χ1v) is 11.4. The van der Waals surface area contributed by atoms with Crippen LogP contribution < -0.4 is 20.5 Å². The number of carbonyl (C=O) groups excluding carboxylic acids is 1. The normalized spacial score (nSPS) is 11.5. The summed E-state index contributed by atoms with van der Waals surface area (Å²) in [5.41, 5.74) is 1.66. The van der Waals surface area contributed by atoms with Gasteiger partial charge >= 0.3 is 5.69 Å². The van der Waals surface area contributed by atoms with E-state index >= 15 is 0 Å². The van der Waals surface area contributed by atoms with Crippen molar-refractivity contribution in [2.45, 2.75) is 11.4 Å². The summed E-state index contributed by atoms with van der Waals surface area (Å²) in [5, 5.41) is 7.06. The molecule has 0 spiro atoms. The average molecular weight is 468 g/mol. The number of methoxy groups -OCH3 is 1. The number of hydrogen-bond acceptors (Lipinski definition) is 6. The number of benzene rings is 2. The zero-order valence-electron chi connectivity index (χ0n) is 17.8. The van der Waals surface area contributed by atoms with Crippen LogP contribution in [0.15, 0.2) is 76.6 Å². The van der Waals surface area contributed by atoms with Crippen molar-refractivity contribution in [2.24, 2.45) is 0 Å². The van der Waals surface area contributed by atoms with Crippen LogP contribution in [-0.4, -0.2) is 42.7 Å². The average Bonchev–Trinajstić information content (AvgIpc) is 3.14. The summed E-state index contributed by atoms with van der Waals surface area (Å²) in [6.07, 6.45) is 1.65. The van der Waals surface area contributed by atoms with Crippen molar-refractivity contribution in [2.75, 3.05) is 19.5 Å². The Balaban J connectivity index is 1.57. The predicted octanol–water partition coefficient (Wildman–Crippen LogP) is 1.71. The van der Waals surface area contributed by atoms with E-state index in [1.54, 1.807) is 42.6 Å². The number of carbonyl (C=O) groups is 1. The van der Waals surface area contributed by atoms with E-state index in [0.29, 0.717) is 11.3 Å². The Hall–Kier alpha value is -3.96. The predicted molar refractivity (Wildman–Crippen MR) is 122 cm³/mol. The first-order chi connectivity index (χ1) is 15.8. The van der Waals surface area contributed by atoms with E-state index in [2.05, 4.69) is 15.1 Å². The molecule has 170 valence electrons. The first kappa shape index (κ1) is 22.2. The first-order valence-electron chi connectivity index (χ1n) is 9.88. The van der Waals surface area contributed by atoms with Crippen LogP contribution in [0.2, 0.25) is 0 Å². The van der Waals surface area contributed by atoms with Gasteiger partial charge in [-0.2, -0.15) is 0 Å². The van der Waals surface area contributed by atoms with Crippen molar-refractivity contribution in [3.05, 3.63) is 88.5 Å². The van der Waals surface area contributed by atoms with Crippen molar-refractivity contribution < 1.29 is 17.9 Å². The molecule has 1 amide bonds. The molecule has 10 nitrogen and oxygen atoms in total. The maximum Gasteiger partial charge on any atom is 0.350 e. The zero-order valence-corrected chi connectivity index (χ0v) is 18.7. The van der Waals surface area contributed by atoms with Crippen molar-refractivity contribution in [3.8, 4) is 5.75 Å². The zero-order chi connectivity index (χ0) is 23.6. The van der Waals surface area contributed by atoms with Gasteiger partial charge in [-0.3, -0.25) is 9.20 Å². The van der Waals surface area contributed by atoms with Crippen LogP contribution in [0.3, 0.4) is 0 Å². The lowest BCUT2D eigenvalue weighted by atomic mass is 10.1. The highest BCUT2D eigenvalue weighted by Gasteiger charge is 2.20. The SMILES string of the molecule is CNS(=O)(=O)c1cc(C(=O)Nc2cccc(Cn3nc4ccccn4c3=O)c2)ccc1OC. The molecule has 4 aromatic rings. The number of rotatable bonds is 7. The lowest BCUT2D eigenvalue weighted by Crippen LogP contribution is -2.21. The molecule has 0 radical (unpaired) electrons. The van der Waals surface area contributed by atoms with Gasteiger partial charge in [0.15, 0.2) is 5.65 Å². The van der Waals surface area contributed by atoms with Gasteiger partial charge < -0.3 is 10.1 Å². The summed E-state index contributed by atoms with van der Waals surface area (Å²) >= 11 is 0. The van der Waals surface area contributed by atoms with E-state index in [4.69, 9.17) is 4.74 Å². The molecule has 11 heteroatoms. The van der Waals surface area contributed by atoms with Crippen LogP contribution in [-0.2, 0) is 16.6 Å². The van der Waals surface area contributed by atoms with Gasteiger partial charge in [0, 0.05) is 17.4 Å². The highest BCUT2D eigenvalue weighted by Crippen LogP contribution is 2.25. The van der Waals surface area contributed by atoms with E-state index < -0.39 is 15.9 Å². The second-order valence-corrected chi connectivity index (χ2v) is 8.95. The van der Waals surface area contributed by atoms with Crippen molar-refractivity contribution in [3.63, 3.8) is 0 Å². The number of hydrogen-bond donors (Lipinski definition) is 2. The summed E-state index contributed by atoms with van der Waals surface area (Å²) in [6.45, 7) is 0.220. The molecular weight excluding hydrogens is 446 g/mol. The van der Waals surface area contributed by atoms with Crippen LogP contribution in [0.25, 0.3) is 5.65 Å². The van der Waals surface area contributed by atoms with Crippen LogP contribution in [0.5, 0.6) is 5.75 Å². The fourth-order valence-corrected chi connectivity index (χ4v) is 4.25. The van der Waals surface area contributed by atoms with E-state index in [1.807, 2.05) is 6.07 Å². The van der Waals surface area contributed by atoms with Crippen molar-refractivity contribution >= 4 is 27.3 Å². The summed E-state index contributed by atoms with van der Waals surface area (Å²) in [5.74, 6) is -0.368. The van der Waals surface area contributed by atoms with Gasteiger partial charge in [0.2, 0.25) is 10.0 Å². The fraction of sp³-hybridized carbons (Fsp3) is 0.136. The van der Waals surface area contributed by atoms with Gasteiger partial charge in [0.1, 0.15) is 10.6 Å². The molecule has 0 bridgehead atoms. The van der Waals surface area contributed by atoms with E-state index in [-0.39, 0.29) is 28.4 Å². The number of pyridine rings is 1. The molecule has 0 saturated heterocycles. The molecule has 4 rings (SSSR count). The van der Waals surface area contributed by atoms with Crippen LogP contribution in [0, 0.1) is 0 Å². The lowest BCUT2D eigenvalue weighted by Gasteiger charge is -2.11. The van der Waals surface area contributed by atoms with Gasteiger partial charge in [0.05, 0.1) is 13.7 Å². The Morgan fingerprint density at radius 2 is 1.91 bits per heavy atom. The largest absolute Gasteiger partial charge is 0.495 e. The maximum absolute atomic E-state index is 12.8. The van der Waals surface area contributed by atoms with Crippen LogP contribution >= 0.6 is 0 Å². The second-order valence-electron chi connectivity index (χ2n) is 7.10. The lowest BCUT2D eigenvalue weighted by molar-refractivity contribution is 0.102. The van der Waals surface area contributed by atoms with Crippen LogP contribution in [0.1, 0.15) is 15.9 Å². The number of anilines is 1. The third-order valence-electron chi connectivity index (χ3n) is 4.99. The highest BCUT2D eigenvalue weighted by molar-refractivity contribution is 7.89. The number of nitrogens with zero attached hydrogens (tertiary/aromatic N) is 3. The quantitative estimate of drug-likeness (QED) is 0.427. The van der Waals surface area contributed by atoms with Crippen molar-refractivity contribution in [1.29, 1.82) is 0 Å². The molecule has 2 N–H and O–H groups in total. The monoisotopic (exact) mass is 467 g/mol. The summed E-state index contributed by atoms with van der Waals surface area (Å²) in [7, 11) is -1.19. The molecule has 0 unspecified atom stereocenters. The smallest absolute Gasteiger partial charge is 0.350 e. The Labute approximate surface area is 189 Å². The Morgan fingerprint density at radius 3 is 2.64 bits per heavy atom. The van der Waals surface area contributed by atoms with Gasteiger partial charge in [-0.15, -0.1) is 5.10 Å². The molecule has 0 atom stereocenters. The maximum atomic E-state index is 12.8. The minimum atomic E-state index is -3.82. The Bertz CT molecular complexity index is 1510. The number of nitrogens with one attached hydrogen (secondary N) is 2. The number of sulfonamides is 1. The van der Waals surface area contributed by atoms with Crippen LogP contribution in [0.4, 0.5) is 5.69 Å².